The van der Waals surface area contributed by atoms with Crippen LogP contribution in [0.25, 0.3) is 22.2 Å². The summed E-state index contributed by atoms with van der Waals surface area (Å²) in [7, 11) is 0. The summed E-state index contributed by atoms with van der Waals surface area (Å²) in [6.07, 6.45) is 4.07. The zero-order chi connectivity index (χ0) is 23.2. The predicted molar refractivity (Wildman–Crippen MR) is 126 cm³/mol. The number of hydrogen-bond donors (Lipinski definition) is 2. The molecular weight excluding hydrogens is 422 g/mol. The third kappa shape index (κ3) is 4.26. The number of aryl methyl sites for hydroxylation is 2. The van der Waals surface area contributed by atoms with E-state index in [9.17, 15) is 13.6 Å². The second-order valence-electron chi connectivity index (χ2n) is 9.42. The van der Waals surface area contributed by atoms with Crippen LogP contribution in [-0.2, 0) is 11.2 Å². The van der Waals surface area contributed by atoms with Gasteiger partial charge in [-0.15, -0.1) is 0 Å². The van der Waals surface area contributed by atoms with E-state index in [4.69, 9.17) is 0 Å². The number of piperidine rings is 1. The molecule has 3 aromatic rings. The van der Waals surface area contributed by atoms with Crippen molar-refractivity contribution >= 4 is 16.8 Å². The number of H-pyrrole nitrogens is 1. The van der Waals surface area contributed by atoms with Crippen LogP contribution < -0.4 is 5.32 Å². The quantitative estimate of drug-likeness (QED) is 0.598. The molecule has 2 aliphatic rings. The average Bonchev–Trinajstić information content (AvgIpc) is 3.37. The minimum atomic E-state index is -2.78. The Labute approximate surface area is 192 Å². The Hall–Kier alpha value is -2.80. The van der Waals surface area contributed by atoms with Gasteiger partial charge in [0.25, 0.3) is 5.92 Å². The van der Waals surface area contributed by atoms with Gasteiger partial charge in [-0.05, 0) is 67.5 Å². The average molecular weight is 453 g/mol. The summed E-state index contributed by atoms with van der Waals surface area (Å²) in [5.74, 6) is -2.60. The third-order valence-corrected chi connectivity index (χ3v) is 7.16. The summed E-state index contributed by atoms with van der Waals surface area (Å²) in [6.45, 7) is 5.00. The van der Waals surface area contributed by atoms with Crippen LogP contribution >= 0.6 is 0 Å². The lowest BCUT2D eigenvalue weighted by Crippen LogP contribution is -2.46. The lowest BCUT2D eigenvalue weighted by molar-refractivity contribution is -0.134. The number of fused-ring (bicyclic) bond motifs is 1. The molecule has 0 aliphatic carbocycles. The highest BCUT2D eigenvalue weighted by Gasteiger charge is 2.43. The summed E-state index contributed by atoms with van der Waals surface area (Å²) in [4.78, 5) is 22.3. The molecule has 1 atom stereocenters. The molecule has 0 bridgehead atoms. The Kier molecular flexibility index (Phi) is 5.69. The van der Waals surface area contributed by atoms with Gasteiger partial charge in [-0.2, -0.15) is 0 Å². The molecule has 2 aliphatic heterocycles. The maximum Gasteiger partial charge on any atom is 0.262 e. The highest BCUT2D eigenvalue weighted by Crippen LogP contribution is 2.36. The van der Waals surface area contributed by atoms with E-state index in [0.29, 0.717) is 19.0 Å². The molecule has 4 heterocycles. The molecule has 1 aromatic carbocycles. The van der Waals surface area contributed by atoms with Crippen molar-refractivity contribution in [2.75, 3.05) is 19.6 Å². The first-order chi connectivity index (χ1) is 15.8. The van der Waals surface area contributed by atoms with Crippen LogP contribution in [0.2, 0.25) is 0 Å². The smallest absolute Gasteiger partial charge is 0.262 e. The Morgan fingerprint density at radius 1 is 1.21 bits per heavy atom. The minimum Gasteiger partial charge on any atom is -0.354 e. The lowest BCUT2D eigenvalue weighted by atomic mass is 9.88. The molecule has 0 radical (unpaired) electrons. The number of nitrogens with zero attached hydrogens (tertiary/aromatic N) is 2. The fourth-order valence-electron chi connectivity index (χ4n) is 5.38. The number of aromatic amines is 1. The Morgan fingerprint density at radius 2 is 2.00 bits per heavy atom. The number of amides is 1. The van der Waals surface area contributed by atoms with Crippen LogP contribution in [0.5, 0.6) is 0 Å². The Morgan fingerprint density at radius 3 is 2.67 bits per heavy atom. The number of carbonyl (C=O) groups is 1. The molecule has 33 heavy (non-hydrogen) atoms. The zero-order valence-electron chi connectivity index (χ0n) is 19.1. The SMILES string of the molecule is CCc1c(-c2ccnc(C)c2)[nH]c2ccc(C3CCN(C(=O)[C@H]4CC(F)(F)CN4)CC3)cc12. The van der Waals surface area contributed by atoms with E-state index in [2.05, 4.69) is 46.5 Å². The topological polar surface area (TPSA) is 61.0 Å². The monoisotopic (exact) mass is 452 g/mol. The molecular formula is C26H30F2N4O. The van der Waals surface area contributed by atoms with Gasteiger partial charge in [0.05, 0.1) is 12.6 Å². The molecule has 0 unspecified atom stereocenters. The van der Waals surface area contributed by atoms with Crippen LogP contribution in [0, 0.1) is 6.92 Å². The largest absolute Gasteiger partial charge is 0.354 e. The van der Waals surface area contributed by atoms with Crippen molar-refractivity contribution in [1.29, 1.82) is 0 Å². The van der Waals surface area contributed by atoms with Gasteiger partial charge in [-0.1, -0.05) is 13.0 Å². The second kappa shape index (κ2) is 8.52. The Balaban J connectivity index is 1.33. The van der Waals surface area contributed by atoms with E-state index >= 15 is 0 Å². The molecule has 0 spiro atoms. The number of hydrogen-bond acceptors (Lipinski definition) is 3. The molecule has 174 valence electrons. The van der Waals surface area contributed by atoms with E-state index in [-0.39, 0.29) is 5.91 Å². The van der Waals surface area contributed by atoms with Gasteiger partial charge in [0, 0.05) is 53.6 Å². The van der Waals surface area contributed by atoms with Crippen molar-refractivity contribution in [2.45, 2.75) is 57.4 Å². The molecule has 0 saturated carbocycles. The number of pyridine rings is 1. The van der Waals surface area contributed by atoms with E-state index in [0.717, 1.165) is 41.7 Å². The lowest BCUT2D eigenvalue weighted by Gasteiger charge is -2.33. The number of aromatic nitrogens is 2. The Bertz CT molecular complexity index is 1180. The zero-order valence-corrected chi connectivity index (χ0v) is 19.1. The van der Waals surface area contributed by atoms with Crippen LogP contribution in [0.4, 0.5) is 8.78 Å². The summed E-state index contributed by atoms with van der Waals surface area (Å²) in [6, 6.07) is 10.0. The molecule has 5 rings (SSSR count). The highest BCUT2D eigenvalue weighted by atomic mass is 19.3. The van der Waals surface area contributed by atoms with Crippen LogP contribution in [0.15, 0.2) is 36.5 Å². The number of alkyl halides is 2. The number of carbonyl (C=O) groups excluding carboxylic acids is 1. The fraction of sp³-hybridized carbons (Fsp3) is 0.462. The summed E-state index contributed by atoms with van der Waals surface area (Å²) < 4.78 is 27.0. The van der Waals surface area contributed by atoms with Gasteiger partial charge >= 0.3 is 0 Å². The fourth-order valence-corrected chi connectivity index (χ4v) is 5.38. The molecule has 2 saturated heterocycles. The van der Waals surface area contributed by atoms with Crippen molar-refractivity contribution in [3.05, 3.63) is 53.3 Å². The van der Waals surface area contributed by atoms with Gasteiger partial charge in [0.15, 0.2) is 0 Å². The molecule has 5 nitrogen and oxygen atoms in total. The van der Waals surface area contributed by atoms with Crippen molar-refractivity contribution in [2.24, 2.45) is 0 Å². The first kappa shape index (κ1) is 22.0. The minimum absolute atomic E-state index is 0.183. The third-order valence-electron chi connectivity index (χ3n) is 7.16. The maximum absolute atomic E-state index is 13.5. The summed E-state index contributed by atoms with van der Waals surface area (Å²) >= 11 is 0. The summed E-state index contributed by atoms with van der Waals surface area (Å²) in [5.41, 5.74) is 7.00. The standard InChI is InChI=1S/C26H30F2N4O/c1-3-20-21-13-18(4-5-22(21)31-24(20)19-6-9-29-16(2)12-19)17-7-10-32(11-8-17)25(33)23-14-26(27,28)15-30-23/h4-6,9,12-13,17,23,30-31H,3,7-8,10-11,14-15H2,1-2H3/t23-/m1/s1. The maximum atomic E-state index is 13.5. The van der Waals surface area contributed by atoms with Gasteiger partial charge in [0.1, 0.15) is 0 Å². The van der Waals surface area contributed by atoms with E-state index in [1.807, 2.05) is 19.2 Å². The molecule has 2 fully saturated rings. The van der Waals surface area contributed by atoms with Crippen LogP contribution in [0.3, 0.4) is 0 Å². The van der Waals surface area contributed by atoms with Crippen molar-refractivity contribution < 1.29 is 13.6 Å². The number of likely N-dealkylation sites (tertiary alicyclic amines) is 1. The number of rotatable bonds is 4. The van der Waals surface area contributed by atoms with Crippen LogP contribution in [0.1, 0.15) is 48.9 Å². The van der Waals surface area contributed by atoms with E-state index in [1.54, 1.807) is 4.90 Å². The molecule has 2 N–H and O–H groups in total. The molecule has 2 aromatic heterocycles. The van der Waals surface area contributed by atoms with Gasteiger partial charge < -0.3 is 9.88 Å². The number of benzene rings is 1. The van der Waals surface area contributed by atoms with Crippen molar-refractivity contribution in [3.8, 4) is 11.3 Å². The van der Waals surface area contributed by atoms with E-state index in [1.165, 1.54) is 16.5 Å². The van der Waals surface area contributed by atoms with Crippen molar-refractivity contribution in [3.63, 3.8) is 0 Å². The molecule has 1 amide bonds. The van der Waals surface area contributed by atoms with Gasteiger partial charge in [-0.3, -0.25) is 15.1 Å². The van der Waals surface area contributed by atoms with Crippen LogP contribution in [-0.4, -0.2) is 52.4 Å². The molecule has 7 heteroatoms. The summed E-state index contributed by atoms with van der Waals surface area (Å²) in [5, 5.41) is 3.94. The van der Waals surface area contributed by atoms with Gasteiger partial charge in [-0.25, -0.2) is 8.78 Å². The highest BCUT2D eigenvalue weighted by molar-refractivity contribution is 5.91. The first-order valence-corrected chi connectivity index (χ1v) is 11.8. The number of nitrogens with one attached hydrogen (secondary N) is 2. The second-order valence-corrected chi connectivity index (χ2v) is 9.42. The van der Waals surface area contributed by atoms with Crippen molar-refractivity contribution in [1.82, 2.24) is 20.2 Å². The normalized spacial score (nSPS) is 21.1. The van der Waals surface area contributed by atoms with E-state index < -0.39 is 24.9 Å². The number of halogens is 2. The van der Waals surface area contributed by atoms with Gasteiger partial charge in [0.2, 0.25) is 5.91 Å². The first-order valence-electron chi connectivity index (χ1n) is 11.8. The predicted octanol–water partition coefficient (Wildman–Crippen LogP) is 4.80.